The lowest BCUT2D eigenvalue weighted by Gasteiger charge is -2.19. The van der Waals surface area contributed by atoms with Crippen LogP contribution in [0.15, 0.2) is 0 Å². The van der Waals surface area contributed by atoms with E-state index >= 15 is 0 Å². The molecule has 0 aromatic rings. The summed E-state index contributed by atoms with van der Waals surface area (Å²) in [5, 5.41) is 7.25. The lowest BCUT2D eigenvalue weighted by atomic mass is 10.7. The summed E-state index contributed by atoms with van der Waals surface area (Å²) < 4.78 is 0. The molecule has 0 aliphatic rings. The van der Waals surface area contributed by atoms with Gasteiger partial charge in [-0.1, -0.05) is 0 Å². The Balaban J connectivity index is 0. The fraction of sp³-hybridized carbons (Fsp3) is 0.800. The van der Waals surface area contributed by atoms with Crippen LogP contribution < -0.4 is 0 Å². The van der Waals surface area contributed by atoms with Gasteiger partial charge in [-0.2, -0.15) is 0 Å². The molecule has 64 valence electrons. The summed E-state index contributed by atoms with van der Waals surface area (Å²) in [6.07, 6.45) is 0. The van der Waals surface area contributed by atoms with Gasteiger partial charge in [0.15, 0.2) is 5.96 Å². The molecule has 6 heteroatoms. The van der Waals surface area contributed by atoms with Crippen LogP contribution in [0.3, 0.4) is 0 Å². The molecule has 0 unspecified atom stereocenters. The standard InChI is InChI=1S/C5H13N3.HN3/c1-7(2)5(6)8(3)4;1-3-2/h6H,1-4H3;1H. The molecule has 11 heavy (non-hydrogen) atoms. The van der Waals surface area contributed by atoms with E-state index in [2.05, 4.69) is 0 Å². The third-order valence-corrected chi connectivity index (χ3v) is 0.847. The van der Waals surface area contributed by atoms with Crippen LogP contribution in [0.5, 0.6) is 0 Å². The van der Waals surface area contributed by atoms with E-state index in [1.165, 1.54) is 0 Å². The molecular formula is C5H14N6. The normalized spacial score (nSPS) is 6.91. The Bertz CT molecular complexity index is 133. The van der Waals surface area contributed by atoms with Crippen molar-refractivity contribution in [1.82, 2.24) is 9.80 Å². The summed E-state index contributed by atoms with van der Waals surface area (Å²) in [4.78, 5) is 5.25. The summed E-state index contributed by atoms with van der Waals surface area (Å²) in [6, 6.07) is 0. The summed E-state index contributed by atoms with van der Waals surface area (Å²) in [5.74, 6) is 0.519. The number of rotatable bonds is 0. The van der Waals surface area contributed by atoms with Crippen molar-refractivity contribution in [2.24, 2.45) is 0 Å². The Labute approximate surface area is 66.3 Å². The number of guanidine groups is 1. The topological polar surface area (TPSA) is 90.6 Å². The smallest absolute Gasteiger partial charge is 0.192 e. The number of hydrogen-bond donors (Lipinski definition) is 2. The van der Waals surface area contributed by atoms with Gasteiger partial charge in [0, 0.05) is 28.2 Å². The first-order valence-electron chi connectivity index (χ1n) is 2.91. The third kappa shape index (κ3) is 8.58. The third-order valence-electron chi connectivity index (χ3n) is 0.847. The van der Waals surface area contributed by atoms with Crippen molar-refractivity contribution in [3.05, 3.63) is 10.4 Å². The average Bonchev–Trinajstić information content (AvgIpc) is 1.87. The first-order valence-corrected chi connectivity index (χ1v) is 2.91. The molecule has 0 amide bonds. The van der Waals surface area contributed by atoms with Gasteiger partial charge in [0.2, 0.25) is 0 Å². The van der Waals surface area contributed by atoms with Gasteiger partial charge in [0.05, 0.1) is 0 Å². The first kappa shape index (κ1) is 12.3. The van der Waals surface area contributed by atoms with E-state index in [1.807, 2.05) is 28.2 Å². The molecule has 0 fully saturated rings. The Morgan fingerprint density at radius 2 is 1.36 bits per heavy atom. The summed E-state index contributed by atoms with van der Waals surface area (Å²) >= 11 is 0. The van der Waals surface area contributed by atoms with Gasteiger partial charge in [-0.15, -0.1) is 5.53 Å². The lowest BCUT2D eigenvalue weighted by molar-refractivity contribution is 0.478. The molecule has 0 rings (SSSR count). The van der Waals surface area contributed by atoms with Crippen LogP contribution >= 0.6 is 0 Å². The van der Waals surface area contributed by atoms with Gasteiger partial charge in [-0.05, 0) is 10.4 Å². The fourth-order valence-electron chi connectivity index (χ4n) is 0.400. The van der Waals surface area contributed by atoms with Gasteiger partial charge >= 0.3 is 0 Å². The van der Waals surface area contributed by atoms with Gasteiger partial charge < -0.3 is 9.80 Å². The highest BCUT2D eigenvalue weighted by Crippen LogP contribution is 1.80. The zero-order valence-electron chi connectivity index (χ0n) is 7.29. The van der Waals surface area contributed by atoms with Crippen LogP contribution in [-0.4, -0.2) is 44.0 Å². The maximum absolute atomic E-state index is 7.25. The first-order chi connectivity index (χ1) is 4.97. The Morgan fingerprint density at radius 1 is 1.18 bits per heavy atom. The van der Waals surface area contributed by atoms with Gasteiger partial charge in [0.25, 0.3) is 0 Å². The quantitative estimate of drug-likeness (QED) is 0.180. The summed E-state index contributed by atoms with van der Waals surface area (Å²) in [5.41, 5.74) is 12.2. The van der Waals surface area contributed by atoms with Crippen molar-refractivity contribution >= 4 is 5.96 Å². The van der Waals surface area contributed by atoms with E-state index in [4.69, 9.17) is 16.5 Å². The summed E-state index contributed by atoms with van der Waals surface area (Å²) in [7, 11) is 7.40. The molecule has 0 aromatic heterocycles. The molecule has 0 aromatic carbocycles. The molecule has 0 radical (unpaired) electrons. The molecule has 0 aliphatic heterocycles. The van der Waals surface area contributed by atoms with E-state index in [0.29, 0.717) is 5.96 Å². The molecule has 0 heterocycles. The molecule has 0 saturated carbocycles. The second kappa shape index (κ2) is 6.70. The molecular weight excluding hydrogens is 144 g/mol. The van der Waals surface area contributed by atoms with Crippen LogP contribution in [0.2, 0.25) is 0 Å². The van der Waals surface area contributed by atoms with E-state index in [9.17, 15) is 0 Å². The predicted octanol–water partition coefficient (Wildman–Crippen LogP) is 0.920. The fourth-order valence-corrected chi connectivity index (χ4v) is 0.400. The average molecular weight is 158 g/mol. The minimum atomic E-state index is 0.519. The second-order valence-corrected chi connectivity index (χ2v) is 2.21. The van der Waals surface area contributed by atoms with Crippen LogP contribution in [-0.2, 0) is 0 Å². The maximum Gasteiger partial charge on any atom is 0.192 e. The predicted molar refractivity (Wildman–Crippen MR) is 44.5 cm³/mol. The van der Waals surface area contributed by atoms with Crippen molar-refractivity contribution in [2.75, 3.05) is 28.2 Å². The maximum atomic E-state index is 7.25. The van der Waals surface area contributed by atoms with Crippen molar-refractivity contribution in [3.63, 3.8) is 0 Å². The van der Waals surface area contributed by atoms with E-state index in [0.717, 1.165) is 0 Å². The van der Waals surface area contributed by atoms with E-state index in [-0.39, 0.29) is 0 Å². The van der Waals surface area contributed by atoms with Crippen LogP contribution in [0.1, 0.15) is 0 Å². The molecule has 2 N–H and O–H groups in total. The second-order valence-electron chi connectivity index (χ2n) is 2.21. The van der Waals surface area contributed by atoms with Crippen LogP contribution in [0, 0.1) is 10.9 Å². The minimum Gasteiger partial charge on any atom is -0.349 e. The van der Waals surface area contributed by atoms with Crippen LogP contribution in [0.25, 0.3) is 10.4 Å². The molecule has 0 spiro atoms. The SMILES string of the molecule is CN(C)C(=N)N(C)C.[N-]=[N+]=N. The summed E-state index contributed by atoms with van der Waals surface area (Å²) in [6.45, 7) is 0. The van der Waals surface area contributed by atoms with Crippen LogP contribution in [0.4, 0.5) is 0 Å². The number of hydrogen-bond acceptors (Lipinski definition) is 2. The number of nitrogens with one attached hydrogen (secondary N) is 2. The zero-order valence-corrected chi connectivity index (χ0v) is 7.29. The van der Waals surface area contributed by atoms with E-state index in [1.54, 1.807) is 14.7 Å². The Kier molecular flexibility index (Phi) is 7.47. The Hall–Kier alpha value is -1.42. The van der Waals surface area contributed by atoms with E-state index < -0.39 is 0 Å². The van der Waals surface area contributed by atoms with Crippen molar-refractivity contribution in [2.45, 2.75) is 0 Å². The lowest BCUT2D eigenvalue weighted by Crippen LogP contribution is -2.34. The highest BCUT2D eigenvalue weighted by Gasteiger charge is 1.97. The highest BCUT2D eigenvalue weighted by atomic mass is 15.3. The van der Waals surface area contributed by atoms with Crippen molar-refractivity contribution < 1.29 is 0 Å². The van der Waals surface area contributed by atoms with Crippen molar-refractivity contribution in [3.8, 4) is 0 Å². The molecule has 0 bridgehead atoms. The zero-order chi connectivity index (χ0) is 9.44. The largest absolute Gasteiger partial charge is 0.349 e. The van der Waals surface area contributed by atoms with Gasteiger partial charge in [-0.25, -0.2) is 0 Å². The van der Waals surface area contributed by atoms with Crippen molar-refractivity contribution in [1.29, 1.82) is 10.9 Å². The molecule has 6 nitrogen and oxygen atoms in total. The molecule has 0 atom stereocenters. The Morgan fingerprint density at radius 3 is 1.36 bits per heavy atom. The number of nitrogens with zero attached hydrogens (tertiary/aromatic N) is 4. The monoisotopic (exact) mass is 158 g/mol. The molecule has 0 aliphatic carbocycles. The molecule has 0 saturated heterocycles. The van der Waals surface area contributed by atoms with Gasteiger partial charge in [-0.3, -0.25) is 5.41 Å². The minimum absolute atomic E-state index is 0.519. The van der Waals surface area contributed by atoms with Gasteiger partial charge in [0.1, 0.15) is 0 Å². The highest BCUT2D eigenvalue weighted by molar-refractivity contribution is 5.75.